The van der Waals surface area contributed by atoms with Gasteiger partial charge in [-0.3, -0.25) is 4.84 Å². The van der Waals surface area contributed by atoms with Crippen molar-refractivity contribution in [1.82, 2.24) is 5.48 Å². The van der Waals surface area contributed by atoms with Gasteiger partial charge in [-0.05, 0) is 30.5 Å². The van der Waals surface area contributed by atoms with Crippen molar-refractivity contribution in [3.8, 4) is 6.07 Å². The maximum atomic E-state index is 8.66. The number of hydroxylamine groups is 1. The molecule has 1 N–H and O–H groups in total. The maximum absolute atomic E-state index is 8.66. The average Bonchev–Trinajstić information content (AvgIpc) is 2.83. The van der Waals surface area contributed by atoms with Crippen molar-refractivity contribution in [3.05, 3.63) is 35.4 Å². The standard InChI is InChI=1S/C13H16N2O/c14-9-11-5-7-12(8-6-11)10-15-16-13-3-1-2-4-13/h5-8,13,15H,1-4,10H2. The van der Waals surface area contributed by atoms with Gasteiger partial charge in [0.1, 0.15) is 0 Å². The van der Waals surface area contributed by atoms with E-state index in [0.29, 0.717) is 18.2 Å². The van der Waals surface area contributed by atoms with Crippen LogP contribution in [0.25, 0.3) is 0 Å². The molecule has 1 aliphatic rings. The van der Waals surface area contributed by atoms with Crippen LogP contribution in [0.5, 0.6) is 0 Å². The van der Waals surface area contributed by atoms with Crippen LogP contribution in [0.1, 0.15) is 36.8 Å². The SMILES string of the molecule is N#Cc1ccc(CNOC2CCCC2)cc1. The molecule has 0 bridgehead atoms. The van der Waals surface area contributed by atoms with E-state index < -0.39 is 0 Å². The maximum Gasteiger partial charge on any atom is 0.0991 e. The molecule has 0 unspecified atom stereocenters. The van der Waals surface area contributed by atoms with E-state index in [9.17, 15) is 0 Å². The van der Waals surface area contributed by atoms with E-state index in [1.165, 1.54) is 25.7 Å². The van der Waals surface area contributed by atoms with Crippen LogP contribution in [0.3, 0.4) is 0 Å². The number of hydrogen-bond acceptors (Lipinski definition) is 3. The molecule has 1 aromatic carbocycles. The van der Waals surface area contributed by atoms with Gasteiger partial charge in [-0.25, -0.2) is 0 Å². The molecule has 0 radical (unpaired) electrons. The molecule has 1 aromatic rings. The quantitative estimate of drug-likeness (QED) is 0.786. The van der Waals surface area contributed by atoms with Gasteiger partial charge in [-0.15, -0.1) is 0 Å². The first kappa shape index (κ1) is 11.1. The highest BCUT2D eigenvalue weighted by atomic mass is 16.7. The number of benzene rings is 1. The normalized spacial score (nSPS) is 16.2. The van der Waals surface area contributed by atoms with Gasteiger partial charge in [-0.2, -0.15) is 10.7 Å². The van der Waals surface area contributed by atoms with Gasteiger partial charge in [-0.1, -0.05) is 25.0 Å². The molecule has 1 aliphatic carbocycles. The molecule has 0 aliphatic heterocycles. The smallest absolute Gasteiger partial charge is 0.0991 e. The zero-order chi connectivity index (χ0) is 11.2. The highest BCUT2D eigenvalue weighted by Gasteiger charge is 2.15. The molecule has 16 heavy (non-hydrogen) atoms. The second-order valence-electron chi connectivity index (χ2n) is 4.15. The Morgan fingerprint density at radius 3 is 2.56 bits per heavy atom. The summed E-state index contributed by atoms with van der Waals surface area (Å²) in [6.45, 7) is 0.697. The molecule has 0 atom stereocenters. The number of nitrogens with zero attached hydrogens (tertiary/aromatic N) is 1. The van der Waals surface area contributed by atoms with Crippen molar-refractivity contribution in [2.45, 2.75) is 38.3 Å². The third-order valence-corrected chi connectivity index (χ3v) is 2.91. The van der Waals surface area contributed by atoms with Gasteiger partial charge in [0.15, 0.2) is 0 Å². The van der Waals surface area contributed by atoms with Crippen molar-refractivity contribution in [2.24, 2.45) is 0 Å². The van der Waals surface area contributed by atoms with Gasteiger partial charge in [0, 0.05) is 6.54 Å². The van der Waals surface area contributed by atoms with Crippen LogP contribution in [-0.2, 0) is 11.4 Å². The summed E-state index contributed by atoms with van der Waals surface area (Å²) in [6.07, 6.45) is 5.28. The molecular formula is C13H16N2O. The van der Waals surface area contributed by atoms with Crippen LogP contribution in [0.2, 0.25) is 0 Å². The molecule has 0 heterocycles. The van der Waals surface area contributed by atoms with Crippen molar-refractivity contribution >= 4 is 0 Å². The molecule has 3 nitrogen and oxygen atoms in total. The number of nitrogens with one attached hydrogen (secondary N) is 1. The zero-order valence-electron chi connectivity index (χ0n) is 9.28. The minimum Gasteiger partial charge on any atom is -0.298 e. The van der Waals surface area contributed by atoms with E-state index >= 15 is 0 Å². The lowest BCUT2D eigenvalue weighted by atomic mass is 10.1. The fourth-order valence-electron chi connectivity index (χ4n) is 1.95. The Morgan fingerprint density at radius 1 is 1.25 bits per heavy atom. The molecule has 1 saturated carbocycles. The summed E-state index contributed by atoms with van der Waals surface area (Å²) in [4.78, 5) is 5.55. The minimum absolute atomic E-state index is 0.387. The monoisotopic (exact) mass is 216 g/mol. The Hall–Kier alpha value is -1.37. The predicted molar refractivity (Wildman–Crippen MR) is 61.3 cm³/mol. The number of nitriles is 1. The summed E-state index contributed by atoms with van der Waals surface area (Å²) in [6, 6.07) is 9.65. The van der Waals surface area contributed by atoms with Crippen molar-refractivity contribution in [3.63, 3.8) is 0 Å². The second-order valence-corrected chi connectivity index (χ2v) is 4.15. The number of hydrogen-bond donors (Lipinski definition) is 1. The fraction of sp³-hybridized carbons (Fsp3) is 0.462. The first-order valence-corrected chi connectivity index (χ1v) is 5.76. The summed E-state index contributed by atoms with van der Waals surface area (Å²) < 4.78 is 0. The molecule has 1 fully saturated rings. The molecule has 0 saturated heterocycles. The van der Waals surface area contributed by atoms with E-state index in [1.807, 2.05) is 24.3 Å². The van der Waals surface area contributed by atoms with Crippen molar-refractivity contribution < 1.29 is 4.84 Å². The predicted octanol–water partition coefficient (Wildman–Crippen LogP) is 2.52. The van der Waals surface area contributed by atoms with Crippen LogP contribution >= 0.6 is 0 Å². The highest BCUT2D eigenvalue weighted by Crippen LogP contribution is 2.19. The summed E-state index contributed by atoms with van der Waals surface area (Å²) in [5.74, 6) is 0. The molecule has 3 heteroatoms. The van der Waals surface area contributed by atoms with Crippen LogP contribution in [-0.4, -0.2) is 6.10 Å². The molecular weight excluding hydrogens is 200 g/mol. The van der Waals surface area contributed by atoms with Crippen LogP contribution < -0.4 is 5.48 Å². The van der Waals surface area contributed by atoms with E-state index in [1.54, 1.807) is 0 Å². The first-order chi connectivity index (χ1) is 7.88. The summed E-state index contributed by atoms with van der Waals surface area (Å²) in [5.41, 5.74) is 4.83. The van der Waals surface area contributed by atoms with Crippen molar-refractivity contribution in [2.75, 3.05) is 0 Å². The lowest BCUT2D eigenvalue weighted by Gasteiger charge is -2.11. The van der Waals surface area contributed by atoms with Crippen LogP contribution in [0.4, 0.5) is 0 Å². The summed E-state index contributed by atoms with van der Waals surface area (Å²) >= 11 is 0. The summed E-state index contributed by atoms with van der Waals surface area (Å²) in [7, 11) is 0. The lowest BCUT2D eigenvalue weighted by molar-refractivity contribution is -0.0244. The van der Waals surface area contributed by atoms with Gasteiger partial charge in [0.05, 0.1) is 17.7 Å². The summed E-state index contributed by atoms with van der Waals surface area (Å²) in [5, 5.41) is 8.66. The third kappa shape index (κ3) is 3.06. The Kier molecular flexibility index (Phi) is 3.92. The largest absolute Gasteiger partial charge is 0.298 e. The zero-order valence-corrected chi connectivity index (χ0v) is 9.28. The van der Waals surface area contributed by atoms with Crippen molar-refractivity contribution in [1.29, 1.82) is 5.26 Å². The number of rotatable bonds is 4. The Morgan fingerprint density at radius 2 is 1.94 bits per heavy atom. The molecule has 84 valence electrons. The molecule has 0 spiro atoms. The second kappa shape index (κ2) is 5.64. The first-order valence-electron chi connectivity index (χ1n) is 5.76. The molecule has 0 amide bonds. The lowest BCUT2D eigenvalue weighted by Crippen LogP contribution is -2.21. The topological polar surface area (TPSA) is 45.0 Å². The Labute approximate surface area is 96.0 Å². The van der Waals surface area contributed by atoms with Crippen LogP contribution in [0.15, 0.2) is 24.3 Å². The van der Waals surface area contributed by atoms with Gasteiger partial charge in [0.25, 0.3) is 0 Å². The third-order valence-electron chi connectivity index (χ3n) is 2.91. The molecule has 0 aromatic heterocycles. The van der Waals surface area contributed by atoms with E-state index in [0.717, 1.165) is 5.56 Å². The van der Waals surface area contributed by atoms with Gasteiger partial charge >= 0.3 is 0 Å². The average molecular weight is 216 g/mol. The van der Waals surface area contributed by atoms with E-state index in [4.69, 9.17) is 10.1 Å². The van der Waals surface area contributed by atoms with E-state index in [-0.39, 0.29) is 0 Å². The highest BCUT2D eigenvalue weighted by molar-refractivity contribution is 5.31. The van der Waals surface area contributed by atoms with Gasteiger partial charge in [0.2, 0.25) is 0 Å². The Bertz CT molecular complexity index is 361. The van der Waals surface area contributed by atoms with Crippen LogP contribution in [0, 0.1) is 11.3 Å². The van der Waals surface area contributed by atoms with Gasteiger partial charge < -0.3 is 0 Å². The fourth-order valence-corrected chi connectivity index (χ4v) is 1.95. The minimum atomic E-state index is 0.387. The Balaban J connectivity index is 1.74. The molecule has 2 rings (SSSR count). The van der Waals surface area contributed by atoms with E-state index in [2.05, 4.69) is 11.5 Å².